The quantitative estimate of drug-likeness (QED) is 0.559. The van der Waals surface area contributed by atoms with Gasteiger partial charge in [-0.25, -0.2) is 8.78 Å². The van der Waals surface area contributed by atoms with Crippen LogP contribution in [-0.4, -0.2) is 0 Å². The van der Waals surface area contributed by atoms with Crippen LogP contribution in [0.1, 0.15) is 57.9 Å². The Bertz CT molecular complexity index is 687. The molecule has 2 aromatic rings. The average molecular weight is 328 g/mol. The fraction of sp³-hybridized carbons (Fsp3) is 0.455. The van der Waals surface area contributed by atoms with Crippen molar-refractivity contribution >= 4 is 0 Å². The largest absolute Gasteiger partial charge is 0.204 e. The Morgan fingerprint density at radius 3 is 1.88 bits per heavy atom. The second kappa shape index (κ2) is 6.66. The van der Waals surface area contributed by atoms with Crippen LogP contribution in [0.5, 0.6) is 0 Å². The summed E-state index contributed by atoms with van der Waals surface area (Å²) in [5.41, 5.74) is 3.42. The van der Waals surface area contributed by atoms with E-state index in [1.165, 1.54) is 43.4 Å². The van der Waals surface area contributed by atoms with Crippen molar-refractivity contribution in [3.63, 3.8) is 0 Å². The van der Waals surface area contributed by atoms with Crippen LogP contribution < -0.4 is 0 Å². The van der Waals surface area contributed by atoms with E-state index < -0.39 is 11.6 Å². The summed E-state index contributed by atoms with van der Waals surface area (Å²) in [4.78, 5) is 0. The molecule has 1 fully saturated rings. The van der Waals surface area contributed by atoms with Gasteiger partial charge in [-0.1, -0.05) is 51.1 Å². The summed E-state index contributed by atoms with van der Waals surface area (Å²) in [5.74, 6) is -0.152. The molecule has 0 atom stereocenters. The third-order valence-electron chi connectivity index (χ3n) is 5.59. The summed E-state index contributed by atoms with van der Waals surface area (Å²) < 4.78 is 26.5. The first-order valence-corrected chi connectivity index (χ1v) is 8.90. The molecule has 1 saturated carbocycles. The molecule has 24 heavy (non-hydrogen) atoms. The second-order valence-corrected chi connectivity index (χ2v) is 8.17. The Labute approximate surface area is 143 Å². The minimum Gasteiger partial charge on any atom is -0.204 e. The maximum atomic E-state index is 13.4. The van der Waals surface area contributed by atoms with E-state index in [1.807, 2.05) is 12.1 Å². The predicted molar refractivity (Wildman–Crippen MR) is 95.9 cm³/mol. The normalized spacial score (nSPS) is 21.7. The number of hydrogen-bond acceptors (Lipinski definition) is 0. The molecule has 0 unspecified atom stereocenters. The molecule has 0 amide bonds. The molecule has 2 heteroatoms. The molecule has 0 aromatic heterocycles. The van der Waals surface area contributed by atoms with Gasteiger partial charge in [0.15, 0.2) is 11.6 Å². The molecule has 0 bridgehead atoms. The Morgan fingerprint density at radius 1 is 0.750 bits per heavy atom. The first kappa shape index (κ1) is 17.1. The highest BCUT2D eigenvalue weighted by Gasteiger charge is 2.30. The lowest BCUT2D eigenvalue weighted by Gasteiger charge is -2.37. The third-order valence-corrected chi connectivity index (χ3v) is 5.59. The molecule has 0 radical (unpaired) electrons. The molecule has 1 aliphatic carbocycles. The van der Waals surface area contributed by atoms with Crippen LogP contribution >= 0.6 is 0 Å². The maximum Gasteiger partial charge on any atom is 0.159 e. The fourth-order valence-electron chi connectivity index (χ4n) is 3.92. The van der Waals surface area contributed by atoms with Crippen LogP contribution in [0, 0.1) is 23.0 Å². The van der Waals surface area contributed by atoms with Gasteiger partial charge in [-0.15, -0.1) is 0 Å². The van der Waals surface area contributed by atoms with E-state index in [0.29, 0.717) is 11.3 Å². The highest BCUT2D eigenvalue weighted by molar-refractivity contribution is 5.63. The standard InChI is InChI=1S/C22H26F2/c1-22(2,3)19-11-8-16(9-12-19)15-4-6-17(7-5-15)18-10-13-20(23)21(24)14-18/h4-7,10,13-14,16,19H,8-9,11-12H2,1-3H3. The molecular weight excluding hydrogens is 302 g/mol. The van der Waals surface area contributed by atoms with Crippen molar-refractivity contribution in [3.05, 3.63) is 59.7 Å². The van der Waals surface area contributed by atoms with Crippen LogP contribution in [-0.2, 0) is 0 Å². The molecule has 0 spiro atoms. The minimum absolute atomic E-state index is 0.404. The van der Waals surface area contributed by atoms with E-state index in [9.17, 15) is 8.78 Å². The number of benzene rings is 2. The van der Waals surface area contributed by atoms with Crippen LogP contribution in [0.3, 0.4) is 0 Å². The van der Waals surface area contributed by atoms with Gasteiger partial charge in [-0.05, 0) is 71.8 Å². The molecule has 2 aromatic carbocycles. The molecule has 0 N–H and O–H groups in total. The van der Waals surface area contributed by atoms with Crippen molar-refractivity contribution in [2.45, 2.75) is 52.4 Å². The van der Waals surface area contributed by atoms with Crippen LogP contribution in [0.25, 0.3) is 11.1 Å². The van der Waals surface area contributed by atoms with Crippen LogP contribution in [0.4, 0.5) is 8.78 Å². The van der Waals surface area contributed by atoms with E-state index >= 15 is 0 Å². The summed E-state index contributed by atoms with van der Waals surface area (Å²) >= 11 is 0. The molecule has 1 aliphatic rings. The van der Waals surface area contributed by atoms with E-state index in [1.54, 1.807) is 6.07 Å². The summed E-state index contributed by atoms with van der Waals surface area (Å²) in [7, 11) is 0. The van der Waals surface area contributed by atoms with Gasteiger partial charge in [-0.3, -0.25) is 0 Å². The van der Waals surface area contributed by atoms with E-state index in [0.717, 1.165) is 17.0 Å². The van der Waals surface area contributed by atoms with E-state index in [4.69, 9.17) is 0 Å². The molecule has 0 nitrogen and oxygen atoms in total. The van der Waals surface area contributed by atoms with E-state index in [-0.39, 0.29) is 0 Å². The Morgan fingerprint density at radius 2 is 1.33 bits per heavy atom. The molecule has 0 aliphatic heterocycles. The monoisotopic (exact) mass is 328 g/mol. The lowest BCUT2D eigenvalue weighted by atomic mass is 9.68. The van der Waals surface area contributed by atoms with E-state index in [2.05, 4.69) is 32.9 Å². The first-order chi connectivity index (χ1) is 11.3. The van der Waals surface area contributed by atoms with Gasteiger partial charge in [0.2, 0.25) is 0 Å². The molecule has 0 saturated heterocycles. The lowest BCUT2D eigenvalue weighted by molar-refractivity contribution is 0.169. The van der Waals surface area contributed by atoms with Crippen LogP contribution in [0.2, 0.25) is 0 Å². The first-order valence-electron chi connectivity index (χ1n) is 8.90. The number of hydrogen-bond donors (Lipinski definition) is 0. The predicted octanol–water partition coefficient (Wildman–Crippen LogP) is 6.95. The Hall–Kier alpha value is -1.70. The Kier molecular flexibility index (Phi) is 4.76. The number of rotatable bonds is 2. The zero-order chi connectivity index (χ0) is 17.3. The van der Waals surface area contributed by atoms with Gasteiger partial charge in [0.25, 0.3) is 0 Å². The second-order valence-electron chi connectivity index (χ2n) is 8.17. The zero-order valence-corrected chi connectivity index (χ0v) is 14.8. The summed E-state index contributed by atoms with van der Waals surface area (Å²) in [6.07, 6.45) is 5.07. The van der Waals surface area contributed by atoms with Gasteiger partial charge < -0.3 is 0 Å². The van der Waals surface area contributed by atoms with Gasteiger partial charge >= 0.3 is 0 Å². The van der Waals surface area contributed by atoms with Crippen molar-refractivity contribution in [3.8, 4) is 11.1 Å². The lowest BCUT2D eigenvalue weighted by Crippen LogP contribution is -2.25. The highest BCUT2D eigenvalue weighted by Crippen LogP contribution is 2.43. The number of halogens is 2. The summed E-state index contributed by atoms with van der Waals surface area (Å²) in [6.45, 7) is 7.03. The summed E-state index contributed by atoms with van der Waals surface area (Å²) in [5, 5.41) is 0. The molecular formula is C22H26F2. The maximum absolute atomic E-state index is 13.4. The van der Waals surface area contributed by atoms with Crippen molar-refractivity contribution in [2.24, 2.45) is 11.3 Å². The van der Waals surface area contributed by atoms with Gasteiger partial charge in [-0.2, -0.15) is 0 Å². The molecule has 0 heterocycles. The molecule has 3 rings (SSSR count). The van der Waals surface area contributed by atoms with Crippen molar-refractivity contribution in [1.82, 2.24) is 0 Å². The van der Waals surface area contributed by atoms with Crippen LogP contribution in [0.15, 0.2) is 42.5 Å². The SMILES string of the molecule is CC(C)(C)C1CCC(c2ccc(-c3ccc(F)c(F)c3)cc2)CC1. The topological polar surface area (TPSA) is 0 Å². The van der Waals surface area contributed by atoms with Crippen molar-refractivity contribution < 1.29 is 8.78 Å². The van der Waals surface area contributed by atoms with Gasteiger partial charge in [0.1, 0.15) is 0 Å². The van der Waals surface area contributed by atoms with Gasteiger partial charge in [0.05, 0.1) is 0 Å². The third kappa shape index (κ3) is 3.68. The highest BCUT2D eigenvalue weighted by atomic mass is 19.2. The molecule has 128 valence electrons. The van der Waals surface area contributed by atoms with Gasteiger partial charge in [0, 0.05) is 0 Å². The summed E-state index contributed by atoms with van der Waals surface area (Å²) in [6, 6.07) is 12.4. The van der Waals surface area contributed by atoms with Crippen molar-refractivity contribution in [2.75, 3.05) is 0 Å². The Balaban J connectivity index is 1.70. The average Bonchev–Trinajstić information content (AvgIpc) is 2.57. The zero-order valence-electron chi connectivity index (χ0n) is 14.8. The van der Waals surface area contributed by atoms with Crippen molar-refractivity contribution in [1.29, 1.82) is 0 Å². The minimum atomic E-state index is -0.800. The smallest absolute Gasteiger partial charge is 0.159 e. The fourth-order valence-corrected chi connectivity index (χ4v) is 3.92.